The lowest BCUT2D eigenvalue weighted by Gasteiger charge is -2.15. The van der Waals surface area contributed by atoms with Gasteiger partial charge in [0.05, 0.1) is 42.7 Å². The fourth-order valence-corrected chi connectivity index (χ4v) is 3.96. The van der Waals surface area contributed by atoms with Crippen molar-refractivity contribution in [2.45, 2.75) is 6.42 Å². The van der Waals surface area contributed by atoms with Crippen LogP contribution < -0.4 is 28.4 Å². The van der Waals surface area contributed by atoms with Gasteiger partial charge >= 0.3 is 0 Å². The highest BCUT2D eigenvalue weighted by atomic mass is 19.1. The molecular formula is C30H31FO7. The molecule has 0 fully saturated rings. The van der Waals surface area contributed by atoms with Gasteiger partial charge in [-0.1, -0.05) is 24.3 Å². The smallest absolute Gasteiger partial charge is 0.203 e. The lowest BCUT2D eigenvalue weighted by atomic mass is 10.00. The zero-order chi connectivity index (χ0) is 27.7. The van der Waals surface area contributed by atoms with Crippen LogP contribution in [0.2, 0.25) is 0 Å². The van der Waals surface area contributed by atoms with Crippen molar-refractivity contribution in [1.82, 2.24) is 0 Å². The number of methoxy groups -OCH3 is 6. The molecule has 0 spiro atoms. The van der Waals surface area contributed by atoms with Crippen LogP contribution in [0.4, 0.5) is 4.39 Å². The number of ether oxygens (including phenoxy) is 6. The Bertz CT molecular complexity index is 1320. The summed E-state index contributed by atoms with van der Waals surface area (Å²) in [6.07, 6.45) is 7.31. The Morgan fingerprint density at radius 2 is 1.32 bits per heavy atom. The van der Waals surface area contributed by atoms with Gasteiger partial charge in [0.25, 0.3) is 0 Å². The van der Waals surface area contributed by atoms with Crippen LogP contribution in [0.25, 0.3) is 12.2 Å². The van der Waals surface area contributed by atoms with E-state index in [1.54, 1.807) is 41.6 Å². The first-order chi connectivity index (χ1) is 18.4. The molecule has 0 saturated heterocycles. The van der Waals surface area contributed by atoms with Gasteiger partial charge in [0.15, 0.2) is 40.3 Å². The molecule has 3 aromatic rings. The van der Waals surface area contributed by atoms with Crippen LogP contribution in [-0.2, 0) is 6.42 Å². The van der Waals surface area contributed by atoms with E-state index in [4.69, 9.17) is 28.4 Å². The molecular weight excluding hydrogens is 491 g/mol. The van der Waals surface area contributed by atoms with Gasteiger partial charge in [0.1, 0.15) is 0 Å². The maximum absolute atomic E-state index is 14.0. The van der Waals surface area contributed by atoms with Gasteiger partial charge in [-0.2, -0.15) is 0 Å². The van der Waals surface area contributed by atoms with E-state index in [-0.39, 0.29) is 17.1 Å². The molecule has 0 atom stereocenters. The van der Waals surface area contributed by atoms with Crippen molar-refractivity contribution in [1.29, 1.82) is 0 Å². The average molecular weight is 523 g/mol. The number of hydrogen-bond donors (Lipinski definition) is 0. The number of halogens is 1. The zero-order valence-corrected chi connectivity index (χ0v) is 22.3. The Morgan fingerprint density at radius 3 is 1.87 bits per heavy atom. The summed E-state index contributed by atoms with van der Waals surface area (Å²) in [6.45, 7) is 0. The highest BCUT2D eigenvalue weighted by molar-refractivity contribution is 6.04. The molecule has 0 aliphatic carbocycles. The van der Waals surface area contributed by atoms with E-state index in [2.05, 4.69) is 0 Å². The van der Waals surface area contributed by atoms with E-state index in [1.807, 2.05) is 36.4 Å². The van der Waals surface area contributed by atoms with Crippen LogP contribution in [0.1, 0.15) is 27.0 Å². The van der Waals surface area contributed by atoms with Crippen molar-refractivity contribution in [3.05, 3.63) is 82.7 Å². The van der Waals surface area contributed by atoms with E-state index in [9.17, 15) is 9.18 Å². The molecule has 3 rings (SSSR count). The zero-order valence-electron chi connectivity index (χ0n) is 22.3. The molecule has 0 N–H and O–H groups in total. The van der Waals surface area contributed by atoms with E-state index in [1.165, 1.54) is 25.3 Å². The Balaban J connectivity index is 1.94. The molecule has 0 unspecified atom stereocenters. The maximum Gasteiger partial charge on any atom is 0.203 e. The van der Waals surface area contributed by atoms with E-state index in [0.717, 1.165) is 22.8 Å². The average Bonchev–Trinajstić information content (AvgIpc) is 2.95. The molecule has 0 aliphatic heterocycles. The molecule has 0 saturated carbocycles. The third kappa shape index (κ3) is 6.26. The van der Waals surface area contributed by atoms with Crippen molar-refractivity contribution in [2.75, 3.05) is 42.7 Å². The van der Waals surface area contributed by atoms with Gasteiger partial charge in [-0.15, -0.1) is 0 Å². The molecule has 0 radical (unpaired) electrons. The molecule has 38 heavy (non-hydrogen) atoms. The van der Waals surface area contributed by atoms with Crippen LogP contribution in [0, 0.1) is 5.82 Å². The number of carbonyl (C=O) groups is 1. The first-order valence-electron chi connectivity index (χ1n) is 11.7. The van der Waals surface area contributed by atoms with Crippen molar-refractivity contribution in [2.24, 2.45) is 0 Å². The lowest BCUT2D eigenvalue weighted by molar-refractivity contribution is 0.104. The number of benzene rings is 3. The Morgan fingerprint density at radius 1 is 0.711 bits per heavy atom. The van der Waals surface area contributed by atoms with Crippen molar-refractivity contribution in [3.8, 4) is 34.5 Å². The summed E-state index contributed by atoms with van der Waals surface area (Å²) in [5, 5.41) is 0. The minimum absolute atomic E-state index is 0.0789. The SMILES string of the molecule is COc1ccc(C(=O)/C=C\Cc2c(/C=C\c3cc(OC)c(OC)c(OC)c3)ccc(OC)c2OC)cc1F. The highest BCUT2D eigenvalue weighted by Gasteiger charge is 2.15. The second-order valence-electron chi connectivity index (χ2n) is 7.98. The minimum atomic E-state index is -0.597. The predicted octanol–water partition coefficient (Wildman–Crippen LogP) is 6.03. The normalized spacial score (nSPS) is 11.0. The van der Waals surface area contributed by atoms with Crippen molar-refractivity contribution in [3.63, 3.8) is 0 Å². The summed E-state index contributed by atoms with van der Waals surface area (Å²) in [5.41, 5.74) is 2.71. The third-order valence-electron chi connectivity index (χ3n) is 5.85. The number of allylic oxidation sites excluding steroid dienone is 2. The largest absolute Gasteiger partial charge is 0.494 e. The van der Waals surface area contributed by atoms with Gasteiger partial charge in [-0.3, -0.25) is 4.79 Å². The fourth-order valence-electron chi connectivity index (χ4n) is 3.96. The fraction of sp³-hybridized carbons (Fsp3) is 0.233. The summed E-state index contributed by atoms with van der Waals surface area (Å²) in [5.74, 6) is 1.84. The van der Waals surface area contributed by atoms with Crippen LogP contribution in [0.15, 0.2) is 54.6 Å². The Hall–Kier alpha value is -4.46. The van der Waals surface area contributed by atoms with Crippen LogP contribution >= 0.6 is 0 Å². The maximum atomic E-state index is 14.0. The number of rotatable bonds is 12. The van der Waals surface area contributed by atoms with E-state index < -0.39 is 5.82 Å². The minimum Gasteiger partial charge on any atom is -0.494 e. The topological polar surface area (TPSA) is 72.5 Å². The Labute approximate surface area is 222 Å². The number of hydrogen-bond acceptors (Lipinski definition) is 7. The van der Waals surface area contributed by atoms with Gasteiger partial charge in [0, 0.05) is 11.1 Å². The molecule has 7 nitrogen and oxygen atoms in total. The van der Waals surface area contributed by atoms with Crippen LogP contribution in [-0.4, -0.2) is 48.4 Å². The monoisotopic (exact) mass is 522 g/mol. The molecule has 3 aromatic carbocycles. The first-order valence-corrected chi connectivity index (χ1v) is 11.7. The third-order valence-corrected chi connectivity index (χ3v) is 5.85. The molecule has 0 bridgehead atoms. The van der Waals surface area contributed by atoms with Gasteiger partial charge < -0.3 is 28.4 Å². The van der Waals surface area contributed by atoms with E-state index >= 15 is 0 Å². The van der Waals surface area contributed by atoms with Gasteiger partial charge in [0.2, 0.25) is 5.75 Å². The Kier molecular flexibility index (Phi) is 9.76. The van der Waals surface area contributed by atoms with Gasteiger partial charge in [-0.25, -0.2) is 4.39 Å². The number of ketones is 1. The molecule has 0 heterocycles. The molecule has 8 heteroatoms. The van der Waals surface area contributed by atoms with Crippen molar-refractivity contribution < 1.29 is 37.6 Å². The highest BCUT2D eigenvalue weighted by Crippen LogP contribution is 2.39. The van der Waals surface area contributed by atoms with Gasteiger partial charge in [-0.05, 0) is 60.0 Å². The summed E-state index contributed by atoms with van der Waals surface area (Å²) < 4.78 is 46.4. The molecule has 0 aliphatic rings. The second-order valence-corrected chi connectivity index (χ2v) is 7.98. The summed E-state index contributed by atoms with van der Waals surface area (Å²) >= 11 is 0. The summed E-state index contributed by atoms with van der Waals surface area (Å²) in [4.78, 5) is 12.6. The standard InChI is InChI=1S/C30H31FO7/c1-33-25-14-13-21(18-23(25)31)24(32)9-7-8-22-20(12-15-26(34-2)29(22)37-5)11-10-19-16-27(35-3)30(38-6)28(17-19)36-4/h7,9-18H,8H2,1-6H3/b9-7-,11-10-. The summed E-state index contributed by atoms with van der Waals surface area (Å²) in [7, 11) is 9.16. The van der Waals surface area contributed by atoms with Crippen LogP contribution in [0.5, 0.6) is 34.5 Å². The lowest BCUT2D eigenvalue weighted by Crippen LogP contribution is -2.00. The summed E-state index contributed by atoms with van der Waals surface area (Å²) in [6, 6.07) is 11.5. The van der Waals surface area contributed by atoms with Crippen molar-refractivity contribution >= 4 is 17.9 Å². The first kappa shape index (κ1) is 28.1. The number of carbonyl (C=O) groups excluding carboxylic acids is 1. The van der Waals surface area contributed by atoms with Crippen LogP contribution in [0.3, 0.4) is 0 Å². The quantitative estimate of drug-likeness (QED) is 0.163. The molecule has 0 amide bonds. The predicted molar refractivity (Wildman–Crippen MR) is 145 cm³/mol. The van der Waals surface area contributed by atoms with E-state index in [0.29, 0.717) is 35.2 Å². The second kappa shape index (κ2) is 13.2. The molecule has 0 aromatic heterocycles. The molecule has 200 valence electrons.